The lowest BCUT2D eigenvalue weighted by atomic mass is 10.2. The van der Waals surface area contributed by atoms with Crippen molar-refractivity contribution in [2.45, 2.75) is 44.8 Å². The molecule has 4 rings (SSSR count). The maximum absolute atomic E-state index is 5.43. The second-order valence-corrected chi connectivity index (χ2v) is 5.89. The Balaban J connectivity index is 1.68. The maximum Gasteiger partial charge on any atom is 0.226 e. The molecule has 2 aromatic heterocycles. The third-order valence-corrected chi connectivity index (χ3v) is 4.59. The van der Waals surface area contributed by atoms with E-state index in [-0.39, 0.29) is 0 Å². The minimum atomic E-state index is 0.496. The number of aromatic amines is 1. The highest BCUT2D eigenvalue weighted by atomic mass is 32.1. The molecule has 2 aliphatic rings. The van der Waals surface area contributed by atoms with Gasteiger partial charge in [-0.05, 0) is 25.1 Å². The number of fused-ring (bicyclic) bond motifs is 1. The van der Waals surface area contributed by atoms with Crippen LogP contribution < -0.4 is 4.90 Å². The van der Waals surface area contributed by atoms with E-state index in [0.717, 1.165) is 36.2 Å². The zero-order valence-electron chi connectivity index (χ0n) is 11.2. The summed E-state index contributed by atoms with van der Waals surface area (Å²) in [5, 5.41) is 15.5. The Morgan fingerprint density at radius 1 is 1.25 bits per heavy atom. The summed E-state index contributed by atoms with van der Waals surface area (Å²) in [5.41, 5.74) is 0. The van der Waals surface area contributed by atoms with Crippen molar-refractivity contribution in [2.75, 3.05) is 11.4 Å². The predicted octanol–water partition coefficient (Wildman–Crippen LogP) is 1.67. The number of nitrogens with zero attached hydrogens (tertiary/aromatic N) is 6. The van der Waals surface area contributed by atoms with E-state index < -0.39 is 0 Å². The van der Waals surface area contributed by atoms with Gasteiger partial charge in [0.25, 0.3) is 0 Å². The highest BCUT2D eigenvalue weighted by molar-refractivity contribution is 7.71. The zero-order chi connectivity index (χ0) is 13.5. The average Bonchev–Trinajstić information content (AvgIpc) is 3.17. The van der Waals surface area contributed by atoms with Gasteiger partial charge < -0.3 is 9.47 Å². The van der Waals surface area contributed by atoms with Crippen LogP contribution in [0.25, 0.3) is 0 Å². The molecule has 7 nitrogen and oxygen atoms in total. The summed E-state index contributed by atoms with van der Waals surface area (Å²) >= 11 is 5.43. The summed E-state index contributed by atoms with van der Waals surface area (Å²) in [4.78, 5) is 2.24. The van der Waals surface area contributed by atoms with Crippen LogP contribution >= 0.6 is 12.2 Å². The molecule has 1 aliphatic heterocycles. The second kappa shape index (κ2) is 4.69. The first-order chi connectivity index (χ1) is 9.83. The molecule has 0 unspecified atom stereocenters. The van der Waals surface area contributed by atoms with Crippen LogP contribution in [0.15, 0.2) is 6.33 Å². The van der Waals surface area contributed by atoms with E-state index in [1.54, 1.807) is 6.33 Å². The Hall–Kier alpha value is -1.70. The molecule has 1 saturated carbocycles. The minimum absolute atomic E-state index is 0.496. The highest BCUT2D eigenvalue weighted by Crippen LogP contribution is 2.33. The fraction of sp³-hybridized carbons (Fsp3) is 0.667. The molecule has 0 amide bonds. The van der Waals surface area contributed by atoms with Gasteiger partial charge >= 0.3 is 0 Å². The minimum Gasteiger partial charge on any atom is -0.332 e. The van der Waals surface area contributed by atoms with Crippen LogP contribution in [-0.2, 0) is 13.1 Å². The predicted molar refractivity (Wildman–Crippen MR) is 76.0 cm³/mol. The molecular weight excluding hydrogens is 274 g/mol. The molecule has 0 saturated heterocycles. The quantitative estimate of drug-likeness (QED) is 0.852. The van der Waals surface area contributed by atoms with Gasteiger partial charge in [0, 0.05) is 19.1 Å². The Labute approximate surface area is 121 Å². The van der Waals surface area contributed by atoms with E-state index in [2.05, 4.69) is 34.4 Å². The van der Waals surface area contributed by atoms with Crippen molar-refractivity contribution in [3.8, 4) is 0 Å². The molecule has 0 radical (unpaired) electrons. The van der Waals surface area contributed by atoms with Crippen molar-refractivity contribution >= 4 is 18.2 Å². The fourth-order valence-corrected chi connectivity index (χ4v) is 3.52. The molecule has 106 valence electrons. The number of nitrogens with one attached hydrogen (secondary N) is 1. The van der Waals surface area contributed by atoms with Crippen molar-refractivity contribution in [2.24, 2.45) is 0 Å². The number of hydrogen-bond acceptors (Lipinski definition) is 5. The van der Waals surface area contributed by atoms with Crippen molar-refractivity contribution in [3.05, 3.63) is 16.9 Å². The third-order valence-electron chi connectivity index (χ3n) is 4.30. The van der Waals surface area contributed by atoms with Gasteiger partial charge in [0.2, 0.25) is 5.95 Å². The lowest BCUT2D eigenvalue weighted by Crippen LogP contribution is -2.35. The van der Waals surface area contributed by atoms with Crippen molar-refractivity contribution in [1.82, 2.24) is 29.5 Å². The maximum atomic E-state index is 5.43. The normalized spacial score (nSPS) is 19.5. The first-order valence-electron chi connectivity index (χ1n) is 7.11. The smallest absolute Gasteiger partial charge is 0.226 e. The van der Waals surface area contributed by atoms with Gasteiger partial charge in [0.15, 0.2) is 10.6 Å². The summed E-state index contributed by atoms with van der Waals surface area (Å²) < 4.78 is 5.03. The van der Waals surface area contributed by atoms with Crippen LogP contribution in [0.1, 0.15) is 37.5 Å². The van der Waals surface area contributed by atoms with Crippen molar-refractivity contribution < 1.29 is 0 Å². The number of aromatic nitrogens is 6. The van der Waals surface area contributed by atoms with Crippen LogP contribution in [0.4, 0.5) is 5.95 Å². The molecule has 0 atom stereocenters. The molecule has 1 aliphatic carbocycles. The molecule has 20 heavy (non-hydrogen) atoms. The summed E-state index contributed by atoms with van der Waals surface area (Å²) in [6.45, 7) is 2.55. The average molecular weight is 291 g/mol. The Morgan fingerprint density at radius 2 is 2.10 bits per heavy atom. The highest BCUT2D eigenvalue weighted by Gasteiger charge is 2.26. The van der Waals surface area contributed by atoms with Gasteiger partial charge in [0.05, 0.1) is 6.54 Å². The SMILES string of the molecule is S=c1[nH]nc(N2CCn3cnnc3C2)n1C1CCCC1. The molecule has 3 heterocycles. The summed E-state index contributed by atoms with van der Waals surface area (Å²) in [6.07, 6.45) is 6.76. The van der Waals surface area contributed by atoms with Crippen LogP contribution in [0.3, 0.4) is 0 Å². The first kappa shape index (κ1) is 12.1. The summed E-state index contributed by atoms with van der Waals surface area (Å²) in [6, 6.07) is 0.496. The Morgan fingerprint density at radius 3 is 2.95 bits per heavy atom. The molecule has 0 bridgehead atoms. The van der Waals surface area contributed by atoms with E-state index in [0.29, 0.717) is 6.04 Å². The van der Waals surface area contributed by atoms with E-state index >= 15 is 0 Å². The van der Waals surface area contributed by atoms with E-state index in [1.165, 1.54) is 25.7 Å². The fourth-order valence-electron chi connectivity index (χ4n) is 3.25. The van der Waals surface area contributed by atoms with Gasteiger partial charge in [-0.1, -0.05) is 12.8 Å². The Bertz CT molecular complexity index is 663. The molecule has 0 spiro atoms. The summed E-state index contributed by atoms with van der Waals surface area (Å²) in [7, 11) is 0. The topological polar surface area (TPSA) is 67.6 Å². The van der Waals surface area contributed by atoms with Gasteiger partial charge in [0.1, 0.15) is 6.33 Å². The van der Waals surface area contributed by atoms with E-state index in [4.69, 9.17) is 12.2 Å². The van der Waals surface area contributed by atoms with Crippen LogP contribution in [0, 0.1) is 4.77 Å². The van der Waals surface area contributed by atoms with Gasteiger partial charge in [-0.3, -0.25) is 4.57 Å². The molecular formula is C12H17N7S. The molecule has 2 aromatic rings. The number of rotatable bonds is 2. The van der Waals surface area contributed by atoms with Crippen LogP contribution in [0.2, 0.25) is 0 Å². The zero-order valence-corrected chi connectivity index (χ0v) is 12.0. The van der Waals surface area contributed by atoms with Crippen LogP contribution in [0.5, 0.6) is 0 Å². The lowest BCUT2D eigenvalue weighted by Gasteiger charge is -2.29. The lowest BCUT2D eigenvalue weighted by molar-refractivity contribution is 0.486. The molecule has 1 N–H and O–H groups in total. The standard InChI is InChI=1S/C12H17N7S/c20-12-16-15-11(19(12)9-3-1-2-4-9)17-5-6-18-8-13-14-10(18)7-17/h8-9H,1-7H2,(H,16,20). The van der Waals surface area contributed by atoms with Crippen molar-refractivity contribution in [1.29, 1.82) is 0 Å². The van der Waals surface area contributed by atoms with Crippen LogP contribution in [-0.4, -0.2) is 36.1 Å². The molecule has 0 aromatic carbocycles. The number of anilines is 1. The first-order valence-corrected chi connectivity index (χ1v) is 7.52. The van der Waals surface area contributed by atoms with Gasteiger partial charge in [-0.15, -0.1) is 15.3 Å². The largest absolute Gasteiger partial charge is 0.332 e. The monoisotopic (exact) mass is 291 g/mol. The van der Waals surface area contributed by atoms with E-state index in [1.807, 2.05) is 0 Å². The third kappa shape index (κ3) is 1.86. The van der Waals surface area contributed by atoms with Crippen molar-refractivity contribution in [3.63, 3.8) is 0 Å². The van der Waals surface area contributed by atoms with Gasteiger partial charge in [-0.25, -0.2) is 5.10 Å². The molecule has 1 fully saturated rings. The summed E-state index contributed by atoms with van der Waals surface area (Å²) in [5.74, 6) is 1.94. The van der Waals surface area contributed by atoms with Gasteiger partial charge in [-0.2, -0.15) is 0 Å². The number of hydrogen-bond donors (Lipinski definition) is 1. The number of H-pyrrole nitrogens is 1. The second-order valence-electron chi connectivity index (χ2n) is 5.50. The molecule has 8 heteroatoms. The van der Waals surface area contributed by atoms with E-state index in [9.17, 15) is 0 Å². The Kier molecular flexibility index (Phi) is 2.83.